The molecule has 19 heavy (non-hydrogen) atoms. The highest BCUT2D eigenvalue weighted by molar-refractivity contribution is 5.93. The van der Waals surface area contributed by atoms with Crippen LogP contribution in [0, 0.1) is 0 Å². The molecule has 0 fully saturated rings. The first-order valence-electron chi connectivity index (χ1n) is 5.78. The smallest absolute Gasteiger partial charge is 0.327 e. The lowest BCUT2D eigenvalue weighted by Gasteiger charge is -2.06. The van der Waals surface area contributed by atoms with Crippen LogP contribution in [0.25, 0.3) is 0 Å². The van der Waals surface area contributed by atoms with Gasteiger partial charge in [0.25, 0.3) is 5.91 Å². The number of benzene rings is 1. The molecule has 98 valence electrons. The molecule has 1 heterocycles. The third-order valence-electron chi connectivity index (χ3n) is 2.63. The van der Waals surface area contributed by atoms with Crippen LogP contribution in [0.5, 0.6) is 0 Å². The van der Waals surface area contributed by atoms with E-state index in [1.165, 1.54) is 17.1 Å². The molecule has 2 aromatic rings. The molecular formula is C13H14N4O2. The van der Waals surface area contributed by atoms with Gasteiger partial charge in [-0.05, 0) is 17.7 Å². The summed E-state index contributed by atoms with van der Waals surface area (Å²) in [6.45, 7) is 0.394. The van der Waals surface area contributed by atoms with Crippen molar-refractivity contribution in [2.45, 2.75) is 6.54 Å². The fraction of sp³-hybridized carbons (Fsp3) is 0.154. The summed E-state index contributed by atoms with van der Waals surface area (Å²) in [5, 5.41) is 5.30. The molecule has 0 saturated heterocycles. The summed E-state index contributed by atoms with van der Waals surface area (Å²) in [5.41, 5.74) is 1.51. The number of carbonyl (C=O) groups excluding carboxylic acids is 2. The van der Waals surface area contributed by atoms with Crippen LogP contribution in [0.3, 0.4) is 0 Å². The van der Waals surface area contributed by atoms with Gasteiger partial charge in [0.15, 0.2) is 0 Å². The van der Waals surface area contributed by atoms with E-state index < -0.39 is 0 Å². The maximum absolute atomic E-state index is 11.6. The number of hydrogen-bond acceptors (Lipinski definition) is 3. The fourth-order valence-corrected chi connectivity index (χ4v) is 1.57. The van der Waals surface area contributed by atoms with Gasteiger partial charge in [-0.3, -0.25) is 9.36 Å². The summed E-state index contributed by atoms with van der Waals surface area (Å²) in [7, 11) is 1.58. The Morgan fingerprint density at radius 2 is 2.00 bits per heavy atom. The highest BCUT2D eigenvalue weighted by Gasteiger charge is 2.04. The second-order valence-electron chi connectivity index (χ2n) is 3.90. The number of amides is 2. The second kappa shape index (κ2) is 5.81. The van der Waals surface area contributed by atoms with E-state index in [-0.39, 0.29) is 11.9 Å². The Balaban J connectivity index is 1.93. The van der Waals surface area contributed by atoms with E-state index in [1.807, 2.05) is 0 Å². The minimum Gasteiger partial charge on any atom is -0.355 e. The maximum atomic E-state index is 11.6. The lowest BCUT2D eigenvalue weighted by Crippen LogP contribution is -2.27. The number of imidazole rings is 1. The van der Waals surface area contributed by atoms with Gasteiger partial charge in [0.05, 0.1) is 0 Å². The maximum Gasteiger partial charge on any atom is 0.327 e. The van der Waals surface area contributed by atoms with E-state index in [0.29, 0.717) is 12.1 Å². The number of rotatable bonds is 3. The molecule has 0 saturated carbocycles. The van der Waals surface area contributed by atoms with Crippen LogP contribution in [-0.4, -0.2) is 28.5 Å². The van der Waals surface area contributed by atoms with Crippen LogP contribution in [0.4, 0.5) is 4.79 Å². The zero-order valence-electron chi connectivity index (χ0n) is 10.5. The highest BCUT2D eigenvalue weighted by atomic mass is 16.2. The molecule has 0 aliphatic heterocycles. The number of nitrogens with zero attached hydrogens (tertiary/aromatic N) is 2. The molecule has 0 radical (unpaired) electrons. The predicted octanol–water partition coefficient (Wildman–Crippen LogP) is 1.00. The van der Waals surface area contributed by atoms with E-state index >= 15 is 0 Å². The minimum absolute atomic E-state index is 0.131. The Hall–Kier alpha value is -2.63. The van der Waals surface area contributed by atoms with Crippen molar-refractivity contribution in [3.63, 3.8) is 0 Å². The largest absolute Gasteiger partial charge is 0.355 e. The summed E-state index contributed by atoms with van der Waals surface area (Å²) < 4.78 is 1.36. The molecule has 0 aliphatic carbocycles. The van der Waals surface area contributed by atoms with Crippen LogP contribution in [0.15, 0.2) is 43.0 Å². The minimum atomic E-state index is -0.243. The number of aromatic nitrogens is 2. The fourth-order valence-electron chi connectivity index (χ4n) is 1.57. The summed E-state index contributed by atoms with van der Waals surface area (Å²) in [5.74, 6) is -0.131. The Morgan fingerprint density at radius 3 is 2.58 bits per heavy atom. The average molecular weight is 258 g/mol. The van der Waals surface area contributed by atoms with Crippen molar-refractivity contribution in [2.75, 3.05) is 7.05 Å². The van der Waals surface area contributed by atoms with Gasteiger partial charge in [-0.2, -0.15) is 0 Å². The molecule has 6 nitrogen and oxygen atoms in total. The van der Waals surface area contributed by atoms with E-state index in [2.05, 4.69) is 15.6 Å². The van der Waals surface area contributed by atoms with Gasteiger partial charge in [0, 0.05) is 31.5 Å². The molecule has 0 bridgehead atoms. The highest BCUT2D eigenvalue weighted by Crippen LogP contribution is 2.04. The molecule has 0 aliphatic rings. The first-order valence-corrected chi connectivity index (χ1v) is 5.78. The summed E-state index contributed by atoms with van der Waals surface area (Å²) in [6.07, 6.45) is 4.55. The van der Waals surface area contributed by atoms with Gasteiger partial charge < -0.3 is 10.6 Å². The van der Waals surface area contributed by atoms with Crippen LogP contribution >= 0.6 is 0 Å². The predicted molar refractivity (Wildman–Crippen MR) is 69.7 cm³/mol. The molecule has 2 amide bonds. The third kappa shape index (κ3) is 3.19. The topological polar surface area (TPSA) is 76.0 Å². The summed E-state index contributed by atoms with van der Waals surface area (Å²) in [6, 6.07) is 6.81. The van der Waals surface area contributed by atoms with Crippen molar-refractivity contribution in [3.05, 3.63) is 54.1 Å². The Bertz CT molecular complexity index is 561. The Morgan fingerprint density at radius 1 is 1.26 bits per heavy atom. The zero-order valence-corrected chi connectivity index (χ0v) is 10.5. The van der Waals surface area contributed by atoms with Gasteiger partial charge in [0.1, 0.15) is 6.33 Å². The molecule has 0 spiro atoms. The SMILES string of the molecule is CNC(=O)c1ccc(CNC(=O)n2ccnc2)cc1. The van der Waals surface area contributed by atoms with Gasteiger partial charge in [-0.1, -0.05) is 12.1 Å². The normalized spacial score (nSPS) is 9.95. The third-order valence-corrected chi connectivity index (χ3v) is 2.63. The lowest BCUT2D eigenvalue weighted by molar-refractivity contribution is 0.0963. The molecule has 2 rings (SSSR count). The number of nitrogens with one attached hydrogen (secondary N) is 2. The van der Waals surface area contributed by atoms with E-state index in [9.17, 15) is 9.59 Å². The van der Waals surface area contributed by atoms with Crippen molar-refractivity contribution < 1.29 is 9.59 Å². The van der Waals surface area contributed by atoms with E-state index in [0.717, 1.165) is 5.56 Å². The Kier molecular flexibility index (Phi) is 3.92. The van der Waals surface area contributed by atoms with Gasteiger partial charge >= 0.3 is 6.03 Å². The van der Waals surface area contributed by atoms with E-state index in [1.54, 1.807) is 37.5 Å². The summed E-state index contributed by atoms with van der Waals surface area (Å²) >= 11 is 0. The summed E-state index contributed by atoms with van der Waals surface area (Å²) in [4.78, 5) is 26.8. The van der Waals surface area contributed by atoms with Gasteiger partial charge in [-0.25, -0.2) is 9.78 Å². The standard InChI is InChI=1S/C13H14N4O2/c1-14-12(18)11-4-2-10(3-5-11)8-16-13(19)17-7-6-15-9-17/h2-7,9H,8H2,1H3,(H,14,18)(H,16,19). The molecule has 2 N–H and O–H groups in total. The molecule has 0 unspecified atom stereocenters. The van der Waals surface area contributed by atoms with Crippen LogP contribution in [0.2, 0.25) is 0 Å². The van der Waals surface area contributed by atoms with Gasteiger partial charge in [-0.15, -0.1) is 0 Å². The first kappa shape index (κ1) is 12.8. The van der Waals surface area contributed by atoms with Crippen molar-refractivity contribution in [2.24, 2.45) is 0 Å². The lowest BCUT2D eigenvalue weighted by atomic mass is 10.1. The van der Waals surface area contributed by atoms with Crippen LogP contribution in [-0.2, 0) is 6.54 Å². The zero-order chi connectivity index (χ0) is 13.7. The molecule has 1 aromatic carbocycles. The van der Waals surface area contributed by atoms with Crippen molar-refractivity contribution in [1.82, 2.24) is 20.2 Å². The first-order chi connectivity index (χ1) is 9.20. The number of carbonyl (C=O) groups is 2. The molecule has 6 heteroatoms. The molecular weight excluding hydrogens is 244 g/mol. The average Bonchev–Trinajstić information content (AvgIpc) is 2.98. The van der Waals surface area contributed by atoms with Crippen LogP contribution < -0.4 is 10.6 Å². The van der Waals surface area contributed by atoms with Crippen LogP contribution in [0.1, 0.15) is 15.9 Å². The second-order valence-corrected chi connectivity index (χ2v) is 3.90. The number of hydrogen-bond donors (Lipinski definition) is 2. The van der Waals surface area contributed by atoms with Crippen molar-refractivity contribution in [1.29, 1.82) is 0 Å². The molecule has 0 atom stereocenters. The van der Waals surface area contributed by atoms with Crippen molar-refractivity contribution >= 4 is 11.9 Å². The van der Waals surface area contributed by atoms with E-state index in [4.69, 9.17) is 0 Å². The quantitative estimate of drug-likeness (QED) is 0.862. The monoisotopic (exact) mass is 258 g/mol. The van der Waals surface area contributed by atoms with Crippen molar-refractivity contribution in [3.8, 4) is 0 Å². The Labute approximate surface area is 110 Å². The van der Waals surface area contributed by atoms with Gasteiger partial charge in [0.2, 0.25) is 0 Å². The molecule has 1 aromatic heterocycles.